The van der Waals surface area contributed by atoms with E-state index in [1.54, 1.807) is 0 Å². The van der Waals surface area contributed by atoms with Crippen LogP contribution in [0.25, 0.3) is 0 Å². The van der Waals surface area contributed by atoms with Crippen LogP contribution in [-0.4, -0.2) is 50.3 Å². The Bertz CT molecular complexity index is 573. The minimum absolute atomic E-state index is 0.172. The summed E-state index contributed by atoms with van der Waals surface area (Å²) >= 11 is 0. The molecule has 0 bridgehead atoms. The molecule has 0 N–H and O–H groups in total. The van der Waals surface area contributed by atoms with E-state index in [1.807, 2.05) is 0 Å². The first kappa shape index (κ1) is 24.2. The topological polar surface area (TPSA) is 105 Å². The summed E-state index contributed by atoms with van der Waals surface area (Å²) in [7, 11) is 0. The van der Waals surface area contributed by atoms with E-state index in [4.69, 9.17) is 18.9 Å². The van der Waals surface area contributed by atoms with Gasteiger partial charge in [-0.2, -0.15) is 0 Å². The molecule has 2 unspecified atom stereocenters. The molecule has 0 amide bonds. The number of ether oxygens (including phenoxy) is 4. The molecule has 0 aromatic heterocycles. The Kier molecular flexibility index (Phi) is 11.3. The van der Waals surface area contributed by atoms with Gasteiger partial charge in [0.15, 0.2) is 0 Å². The van der Waals surface area contributed by atoms with E-state index >= 15 is 0 Å². The van der Waals surface area contributed by atoms with Gasteiger partial charge in [0.25, 0.3) is 0 Å². The lowest BCUT2D eigenvalue weighted by Crippen LogP contribution is -2.35. The smallest absolute Gasteiger partial charge is 0.310 e. The highest BCUT2D eigenvalue weighted by molar-refractivity contribution is 5.86. The predicted molar refractivity (Wildman–Crippen MR) is 106 cm³/mol. The first-order chi connectivity index (χ1) is 14.6. The van der Waals surface area contributed by atoms with Crippen molar-refractivity contribution in [1.29, 1.82) is 0 Å². The molecular formula is C22H34O8. The molecular weight excluding hydrogens is 392 g/mol. The van der Waals surface area contributed by atoms with Crippen LogP contribution in [-0.2, 0) is 38.1 Å². The van der Waals surface area contributed by atoms with Gasteiger partial charge in [-0.25, -0.2) is 0 Å². The van der Waals surface area contributed by atoms with E-state index in [1.165, 1.54) is 0 Å². The van der Waals surface area contributed by atoms with Crippen LogP contribution in [0.2, 0.25) is 0 Å². The Balaban J connectivity index is 2.03. The van der Waals surface area contributed by atoms with Gasteiger partial charge >= 0.3 is 23.9 Å². The number of rotatable bonds is 1. The van der Waals surface area contributed by atoms with Crippen LogP contribution >= 0.6 is 0 Å². The minimum atomic E-state index is -0.886. The molecule has 2 saturated heterocycles. The molecule has 0 saturated carbocycles. The van der Waals surface area contributed by atoms with Crippen molar-refractivity contribution in [2.24, 2.45) is 11.8 Å². The summed E-state index contributed by atoms with van der Waals surface area (Å²) in [5.74, 6) is -3.29. The van der Waals surface area contributed by atoms with Crippen molar-refractivity contribution >= 4 is 23.9 Å². The lowest BCUT2D eigenvalue weighted by Gasteiger charge is -2.25. The maximum absolute atomic E-state index is 12.8. The molecule has 8 nitrogen and oxygen atoms in total. The van der Waals surface area contributed by atoms with Crippen LogP contribution in [0, 0.1) is 11.8 Å². The van der Waals surface area contributed by atoms with Crippen LogP contribution in [0.1, 0.15) is 77.0 Å². The van der Waals surface area contributed by atoms with Crippen molar-refractivity contribution in [3.8, 4) is 0 Å². The number of carbonyl (C=O) groups excluding carboxylic acids is 4. The van der Waals surface area contributed by atoms with Gasteiger partial charge in [-0.3, -0.25) is 19.2 Å². The first-order valence-electron chi connectivity index (χ1n) is 11.2. The average molecular weight is 427 g/mol. The van der Waals surface area contributed by atoms with Crippen molar-refractivity contribution in [3.63, 3.8) is 0 Å². The second kappa shape index (κ2) is 14.0. The third-order valence-electron chi connectivity index (χ3n) is 5.47. The molecule has 2 aliphatic rings. The monoisotopic (exact) mass is 426 g/mol. The molecule has 8 heteroatoms. The highest BCUT2D eigenvalue weighted by Crippen LogP contribution is 2.27. The highest BCUT2D eigenvalue weighted by atomic mass is 16.5. The summed E-state index contributed by atoms with van der Waals surface area (Å²) in [5.41, 5.74) is 0. The Hall–Kier alpha value is -2.12. The number of hydrogen-bond donors (Lipinski definition) is 0. The van der Waals surface area contributed by atoms with Crippen molar-refractivity contribution in [2.75, 3.05) is 26.4 Å². The number of hydrogen-bond acceptors (Lipinski definition) is 8. The van der Waals surface area contributed by atoms with Gasteiger partial charge in [0.05, 0.1) is 44.7 Å². The van der Waals surface area contributed by atoms with Crippen molar-refractivity contribution in [1.82, 2.24) is 0 Å². The van der Waals surface area contributed by atoms with E-state index in [9.17, 15) is 19.2 Å². The van der Waals surface area contributed by atoms with Gasteiger partial charge in [-0.1, -0.05) is 25.7 Å². The van der Waals surface area contributed by atoms with Gasteiger partial charge in [0.2, 0.25) is 0 Å². The molecule has 2 fully saturated rings. The van der Waals surface area contributed by atoms with Crippen LogP contribution in [0.3, 0.4) is 0 Å². The fourth-order valence-corrected chi connectivity index (χ4v) is 3.69. The predicted octanol–water partition coefficient (Wildman–Crippen LogP) is 3.10. The number of cyclic esters (lactones) is 4. The SMILES string of the molecule is O=C1CCCCCCCC(C2CC(=O)OCCCCOC2=O)C(=O)OCCCCO1. The molecule has 0 aliphatic carbocycles. The molecule has 0 spiro atoms. The van der Waals surface area contributed by atoms with Gasteiger partial charge in [-0.05, 0) is 38.5 Å². The zero-order chi connectivity index (χ0) is 21.6. The normalized spacial score (nSPS) is 27.2. The van der Waals surface area contributed by atoms with Crippen molar-refractivity contribution < 1.29 is 38.1 Å². The summed E-state index contributed by atoms with van der Waals surface area (Å²) in [6.45, 7) is 1.04. The molecule has 0 radical (unpaired) electrons. The maximum Gasteiger partial charge on any atom is 0.310 e. The Morgan fingerprint density at radius 1 is 0.500 bits per heavy atom. The molecule has 170 valence electrons. The van der Waals surface area contributed by atoms with Crippen molar-refractivity contribution in [3.05, 3.63) is 0 Å². The first-order valence-corrected chi connectivity index (χ1v) is 11.2. The average Bonchev–Trinajstić information content (AvgIpc) is 2.72. The summed E-state index contributed by atoms with van der Waals surface area (Å²) in [6.07, 6.45) is 7.32. The number of esters is 4. The Morgan fingerprint density at radius 3 is 1.67 bits per heavy atom. The summed E-state index contributed by atoms with van der Waals surface area (Å²) in [6, 6.07) is 0. The third-order valence-corrected chi connectivity index (χ3v) is 5.47. The zero-order valence-electron chi connectivity index (χ0n) is 17.7. The van der Waals surface area contributed by atoms with Crippen LogP contribution in [0.5, 0.6) is 0 Å². The van der Waals surface area contributed by atoms with Gasteiger partial charge in [0, 0.05) is 6.42 Å². The lowest BCUT2D eigenvalue weighted by molar-refractivity contribution is -0.166. The lowest BCUT2D eigenvalue weighted by atomic mass is 9.85. The highest BCUT2D eigenvalue weighted by Gasteiger charge is 2.38. The minimum Gasteiger partial charge on any atom is -0.466 e. The molecule has 2 atom stereocenters. The Morgan fingerprint density at radius 2 is 1.00 bits per heavy atom. The van der Waals surface area contributed by atoms with Crippen LogP contribution < -0.4 is 0 Å². The van der Waals surface area contributed by atoms with Crippen LogP contribution in [0.15, 0.2) is 0 Å². The zero-order valence-corrected chi connectivity index (χ0v) is 17.7. The second-order valence-corrected chi connectivity index (χ2v) is 7.91. The quantitative estimate of drug-likeness (QED) is 0.465. The van der Waals surface area contributed by atoms with E-state index in [0.717, 1.165) is 32.1 Å². The molecule has 30 heavy (non-hydrogen) atoms. The fraction of sp³-hybridized carbons (Fsp3) is 0.818. The fourth-order valence-electron chi connectivity index (χ4n) is 3.69. The van der Waals surface area contributed by atoms with E-state index in [-0.39, 0.29) is 25.6 Å². The van der Waals surface area contributed by atoms with Gasteiger partial charge in [-0.15, -0.1) is 0 Å². The van der Waals surface area contributed by atoms with E-state index < -0.39 is 29.7 Å². The third kappa shape index (κ3) is 9.13. The Labute approximate surface area is 177 Å². The summed E-state index contributed by atoms with van der Waals surface area (Å²) < 4.78 is 21.1. The largest absolute Gasteiger partial charge is 0.466 e. The molecule has 2 aliphatic heterocycles. The van der Waals surface area contributed by atoms with Crippen molar-refractivity contribution in [2.45, 2.75) is 77.0 Å². The second-order valence-electron chi connectivity index (χ2n) is 7.91. The maximum atomic E-state index is 12.8. The molecule has 0 aromatic rings. The molecule has 2 heterocycles. The van der Waals surface area contributed by atoms with Crippen LogP contribution in [0.4, 0.5) is 0 Å². The van der Waals surface area contributed by atoms with E-state index in [2.05, 4.69) is 0 Å². The van der Waals surface area contributed by atoms with E-state index in [0.29, 0.717) is 51.7 Å². The summed E-state index contributed by atoms with van der Waals surface area (Å²) in [5, 5.41) is 0. The number of carbonyl (C=O) groups is 4. The van der Waals surface area contributed by atoms with Gasteiger partial charge < -0.3 is 18.9 Å². The standard InChI is InChI=1S/C22H34O8/c23-19-11-5-3-1-2-4-10-17(21(25)29-14-8-6-12-27-19)18-16-20(24)28-13-7-9-15-30-22(18)26/h17-18H,1-16H2. The molecule has 0 aromatic carbocycles. The molecule has 2 rings (SSSR count). The van der Waals surface area contributed by atoms with Gasteiger partial charge in [0.1, 0.15) is 0 Å². The summed E-state index contributed by atoms with van der Waals surface area (Å²) in [4.78, 5) is 49.2.